The molecule has 42 heavy (non-hydrogen) atoms. The summed E-state index contributed by atoms with van der Waals surface area (Å²) in [6.45, 7) is 0. The molecule has 2 aliphatic rings. The first kappa shape index (κ1) is 22.9. The summed E-state index contributed by atoms with van der Waals surface area (Å²) in [5, 5.41) is 1.12. The van der Waals surface area contributed by atoms with Gasteiger partial charge in [0.05, 0.1) is 27.8 Å². The minimum atomic E-state index is -0.0380. The van der Waals surface area contributed by atoms with E-state index in [2.05, 4.69) is 23.1 Å². The number of para-hydroxylation sites is 5. The maximum Gasteiger partial charge on any atom is 0.200 e. The van der Waals surface area contributed by atoms with Crippen LogP contribution in [0.2, 0.25) is 0 Å². The molecule has 0 radical (unpaired) electrons. The van der Waals surface area contributed by atoms with E-state index in [0.717, 1.165) is 62.4 Å². The van der Waals surface area contributed by atoms with E-state index in [-0.39, 0.29) is 5.43 Å². The first-order valence-corrected chi connectivity index (χ1v) is 13.7. The highest BCUT2D eigenvalue weighted by Crippen LogP contribution is 2.59. The Kier molecular flexibility index (Phi) is 4.66. The number of hydrogen-bond donors (Lipinski definition) is 0. The zero-order valence-electron chi connectivity index (χ0n) is 22.1. The van der Waals surface area contributed by atoms with Crippen LogP contribution in [0.25, 0.3) is 44.3 Å². The zero-order chi connectivity index (χ0) is 27.8. The van der Waals surface area contributed by atoms with Crippen molar-refractivity contribution in [2.24, 2.45) is 0 Å². The highest BCUT2D eigenvalue weighted by atomic mass is 16.5. The van der Waals surface area contributed by atoms with Gasteiger partial charge in [-0.3, -0.25) is 14.7 Å². The molecule has 6 nitrogen and oxygen atoms in total. The van der Waals surface area contributed by atoms with Gasteiger partial charge in [-0.1, -0.05) is 54.6 Å². The van der Waals surface area contributed by atoms with Gasteiger partial charge in [-0.15, -0.1) is 0 Å². The fourth-order valence-electron chi connectivity index (χ4n) is 5.94. The average molecular weight is 545 g/mol. The summed E-state index contributed by atoms with van der Waals surface area (Å²) in [7, 11) is 0. The van der Waals surface area contributed by atoms with Crippen LogP contribution in [0.5, 0.6) is 23.0 Å². The molecule has 2 aromatic heterocycles. The number of ether oxygens (including phenoxy) is 2. The van der Waals surface area contributed by atoms with Crippen LogP contribution in [0.15, 0.2) is 131 Å². The molecular weight excluding hydrogens is 524 g/mol. The van der Waals surface area contributed by atoms with E-state index in [4.69, 9.17) is 18.9 Å². The van der Waals surface area contributed by atoms with Gasteiger partial charge in [0, 0.05) is 22.9 Å². The maximum absolute atomic E-state index is 13.1. The summed E-state index contributed by atoms with van der Waals surface area (Å²) < 4.78 is 18.8. The summed E-state index contributed by atoms with van der Waals surface area (Å²) in [6.07, 6.45) is 1.82. The van der Waals surface area contributed by atoms with E-state index in [1.165, 1.54) is 0 Å². The van der Waals surface area contributed by atoms with Gasteiger partial charge < -0.3 is 13.9 Å². The molecule has 5 aromatic carbocycles. The molecule has 9 rings (SSSR count). The summed E-state index contributed by atoms with van der Waals surface area (Å²) in [6, 6.07) is 37.0. The smallest absolute Gasteiger partial charge is 0.200 e. The third-order valence-electron chi connectivity index (χ3n) is 7.91. The van der Waals surface area contributed by atoms with Crippen molar-refractivity contribution >= 4 is 39.0 Å². The molecule has 0 unspecified atom stereocenters. The van der Waals surface area contributed by atoms with Crippen LogP contribution in [0.4, 0.5) is 17.1 Å². The molecule has 0 atom stereocenters. The number of aromatic nitrogens is 1. The van der Waals surface area contributed by atoms with Crippen LogP contribution in [0.3, 0.4) is 0 Å². The summed E-state index contributed by atoms with van der Waals surface area (Å²) in [4.78, 5) is 20.1. The van der Waals surface area contributed by atoms with Crippen molar-refractivity contribution in [2.75, 3.05) is 4.90 Å². The molecule has 0 saturated carbocycles. The third kappa shape index (κ3) is 3.26. The van der Waals surface area contributed by atoms with Crippen molar-refractivity contribution in [1.29, 1.82) is 0 Å². The molecule has 6 heteroatoms. The number of fused-ring (bicyclic) bond motifs is 6. The summed E-state index contributed by atoms with van der Waals surface area (Å²) in [5.74, 6) is 3.03. The van der Waals surface area contributed by atoms with Crippen LogP contribution in [-0.2, 0) is 0 Å². The normalized spacial score (nSPS) is 12.7. The Morgan fingerprint density at radius 3 is 2.19 bits per heavy atom. The second-order valence-corrected chi connectivity index (χ2v) is 10.3. The SMILES string of the molecule is O=c1c2ccccc2oc2c(-c3ccc(-c4ccc5c(c4)Oc4cccc6c4N5c4ccccc4O6)nc3)cccc12. The fourth-order valence-corrected chi connectivity index (χ4v) is 5.94. The number of nitrogens with zero attached hydrogens (tertiary/aromatic N) is 2. The Hall–Kier alpha value is -5.88. The minimum absolute atomic E-state index is 0.0380. The number of pyridine rings is 1. The van der Waals surface area contributed by atoms with Crippen LogP contribution in [-0.4, -0.2) is 4.98 Å². The number of benzene rings is 5. The van der Waals surface area contributed by atoms with Gasteiger partial charge in [0.2, 0.25) is 5.43 Å². The highest BCUT2D eigenvalue weighted by molar-refractivity contribution is 5.98. The highest BCUT2D eigenvalue weighted by Gasteiger charge is 2.34. The molecule has 4 heterocycles. The van der Waals surface area contributed by atoms with Crippen LogP contribution in [0.1, 0.15) is 0 Å². The van der Waals surface area contributed by atoms with E-state index in [9.17, 15) is 4.79 Å². The lowest BCUT2D eigenvalue weighted by atomic mass is 10.0. The molecule has 0 bridgehead atoms. The van der Waals surface area contributed by atoms with Crippen LogP contribution in [0, 0.1) is 0 Å². The molecule has 0 amide bonds. The predicted octanol–water partition coefficient (Wildman–Crippen LogP) is 9.36. The van der Waals surface area contributed by atoms with Crippen molar-refractivity contribution in [3.05, 3.63) is 132 Å². The van der Waals surface area contributed by atoms with Crippen molar-refractivity contribution in [3.8, 4) is 45.4 Å². The topological polar surface area (TPSA) is 64.8 Å². The fraction of sp³-hybridized carbons (Fsp3) is 0. The lowest BCUT2D eigenvalue weighted by molar-refractivity contribution is 0.446. The second-order valence-electron chi connectivity index (χ2n) is 10.3. The first-order chi connectivity index (χ1) is 20.7. The number of hydrogen-bond acceptors (Lipinski definition) is 6. The molecule has 7 aromatic rings. The summed E-state index contributed by atoms with van der Waals surface area (Å²) >= 11 is 0. The molecule has 198 valence electrons. The van der Waals surface area contributed by atoms with Gasteiger partial charge in [-0.25, -0.2) is 0 Å². The minimum Gasteiger partial charge on any atom is -0.455 e. The van der Waals surface area contributed by atoms with Crippen molar-refractivity contribution < 1.29 is 13.9 Å². The van der Waals surface area contributed by atoms with E-state index < -0.39 is 0 Å². The Labute approximate surface area is 239 Å². The monoisotopic (exact) mass is 544 g/mol. The third-order valence-corrected chi connectivity index (χ3v) is 7.91. The van der Waals surface area contributed by atoms with E-state index in [0.29, 0.717) is 21.9 Å². The van der Waals surface area contributed by atoms with Crippen molar-refractivity contribution in [3.63, 3.8) is 0 Å². The van der Waals surface area contributed by atoms with Crippen LogP contribution < -0.4 is 19.8 Å². The molecular formula is C36H20N2O4. The van der Waals surface area contributed by atoms with Crippen LogP contribution >= 0.6 is 0 Å². The van der Waals surface area contributed by atoms with Gasteiger partial charge >= 0.3 is 0 Å². The molecule has 0 aliphatic carbocycles. The van der Waals surface area contributed by atoms with Gasteiger partial charge in [-0.05, 0) is 60.7 Å². The van der Waals surface area contributed by atoms with Gasteiger partial charge in [0.25, 0.3) is 0 Å². The lowest BCUT2D eigenvalue weighted by Gasteiger charge is -2.37. The standard InChI is InChI=1S/C36H20N2O4/c39-35-24-7-1-3-11-29(24)42-36-23(8-5-9-25(35)36)22-15-17-26(37-20-22)21-16-18-28-33(19-21)41-32-14-6-13-31-34(32)38(28)27-10-2-4-12-30(27)40-31/h1-20H. The van der Waals surface area contributed by atoms with E-state index >= 15 is 0 Å². The predicted molar refractivity (Wildman–Crippen MR) is 163 cm³/mol. The quantitative estimate of drug-likeness (QED) is 0.202. The first-order valence-electron chi connectivity index (χ1n) is 13.7. The Balaban J connectivity index is 1.12. The second kappa shape index (κ2) is 8.56. The van der Waals surface area contributed by atoms with Gasteiger partial charge in [0.1, 0.15) is 16.9 Å². The molecule has 0 saturated heterocycles. The maximum atomic E-state index is 13.1. The molecule has 2 aliphatic heterocycles. The Bertz CT molecular complexity index is 2290. The number of rotatable bonds is 2. The molecule has 0 N–H and O–H groups in total. The molecule has 0 spiro atoms. The van der Waals surface area contributed by atoms with Crippen molar-refractivity contribution in [2.45, 2.75) is 0 Å². The van der Waals surface area contributed by atoms with Crippen molar-refractivity contribution in [1.82, 2.24) is 4.98 Å². The Morgan fingerprint density at radius 2 is 1.31 bits per heavy atom. The van der Waals surface area contributed by atoms with Gasteiger partial charge in [-0.2, -0.15) is 0 Å². The van der Waals surface area contributed by atoms with E-state index in [1.807, 2.05) is 91.1 Å². The largest absolute Gasteiger partial charge is 0.455 e. The molecule has 0 fully saturated rings. The van der Waals surface area contributed by atoms with E-state index in [1.54, 1.807) is 12.1 Å². The summed E-state index contributed by atoms with van der Waals surface area (Å²) in [5.41, 5.74) is 7.30. The zero-order valence-corrected chi connectivity index (χ0v) is 22.1. The van der Waals surface area contributed by atoms with Gasteiger partial charge in [0.15, 0.2) is 23.0 Å². The lowest BCUT2D eigenvalue weighted by Crippen LogP contribution is -2.20. The Morgan fingerprint density at radius 1 is 0.595 bits per heavy atom. The number of anilines is 3. The average Bonchev–Trinajstić information content (AvgIpc) is 3.04.